The van der Waals surface area contributed by atoms with Gasteiger partial charge in [0.2, 0.25) is 0 Å². The smallest absolute Gasteiger partial charge is 0.332 e. The second-order valence-corrected chi connectivity index (χ2v) is 9.88. The molecule has 0 amide bonds. The fraction of sp³-hybridized carbons (Fsp3) is 0.414. The predicted octanol–water partition coefficient (Wildman–Crippen LogP) is 3.08. The number of para-hydroxylation sites is 1. The monoisotopic (exact) mass is 552 g/mol. The Morgan fingerprint density at radius 3 is 2.18 bits per heavy atom. The summed E-state index contributed by atoms with van der Waals surface area (Å²) in [6, 6.07) is 21.2. The summed E-state index contributed by atoms with van der Waals surface area (Å²) in [7, 11) is 3.15. The summed E-state index contributed by atoms with van der Waals surface area (Å²) in [5.74, 6) is 0. The van der Waals surface area contributed by atoms with E-state index in [4.69, 9.17) is 4.74 Å². The molecule has 0 unspecified atom stereocenters. The van der Waals surface area contributed by atoms with Crippen molar-refractivity contribution in [1.29, 1.82) is 0 Å². The molecule has 39 heavy (non-hydrogen) atoms. The van der Waals surface area contributed by atoms with Crippen molar-refractivity contribution in [3.8, 4) is 6.01 Å². The van der Waals surface area contributed by atoms with Gasteiger partial charge in [0.15, 0.2) is 11.2 Å². The molecule has 0 bridgehead atoms. The highest BCUT2D eigenvalue weighted by Gasteiger charge is 2.21. The molecule has 1 aliphatic rings. The fourth-order valence-corrected chi connectivity index (χ4v) is 5.15. The minimum atomic E-state index is -0.391. The SMILES string of the molecule is Cl.Cn1c(=O)c2c(nc(OCCCN3CCN(c4ccccc4)CC3)n2CCCc2ccccc2)n(C)c1=O. The summed E-state index contributed by atoms with van der Waals surface area (Å²) < 4.78 is 10.5. The van der Waals surface area contributed by atoms with Crippen molar-refractivity contribution in [1.82, 2.24) is 23.6 Å². The molecule has 2 aromatic carbocycles. The maximum atomic E-state index is 13.1. The van der Waals surface area contributed by atoms with Crippen molar-refractivity contribution >= 4 is 29.3 Å². The minimum Gasteiger partial charge on any atom is -0.465 e. The van der Waals surface area contributed by atoms with E-state index in [1.807, 2.05) is 22.8 Å². The lowest BCUT2D eigenvalue weighted by Gasteiger charge is -2.36. The van der Waals surface area contributed by atoms with Crippen LogP contribution < -0.4 is 20.9 Å². The highest BCUT2D eigenvalue weighted by atomic mass is 35.5. The van der Waals surface area contributed by atoms with Crippen LogP contribution in [-0.2, 0) is 27.1 Å². The van der Waals surface area contributed by atoms with Crippen LogP contribution >= 0.6 is 12.4 Å². The number of benzene rings is 2. The van der Waals surface area contributed by atoms with E-state index in [-0.39, 0.29) is 18.0 Å². The maximum Gasteiger partial charge on any atom is 0.332 e. The molecule has 1 fully saturated rings. The average molecular weight is 553 g/mol. The molecule has 4 aromatic rings. The summed E-state index contributed by atoms with van der Waals surface area (Å²) in [5.41, 5.74) is 2.56. The third-order valence-corrected chi connectivity index (χ3v) is 7.35. The number of hydrogen-bond acceptors (Lipinski definition) is 6. The van der Waals surface area contributed by atoms with Crippen LogP contribution in [0.5, 0.6) is 6.01 Å². The van der Waals surface area contributed by atoms with Crippen LogP contribution in [-0.4, -0.2) is 62.9 Å². The number of nitrogens with zero attached hydrogens (tertiary/aromatic N) is 6. The predicted molar refractivity (Wildman–Crippen MR) is 157 cm³/mol. The van der Waals surface area contributed by atoms with Gasteiger partial charge in [-0.1, -0.05) is 48.5 Å². The van der Waals surface area contributed by atoms with Gasteiger partial charge in [0, 0.05) is 59.1 Å². The molecule has 0 radical (unpaired) electrons. The third-order valence-electron chi connectivity index (χ3n) is 7.35. The summed E-state index contributed by atoms with van der Waals surface area (Å²) in [5, 5.41) is 0. The zero-order chi connectivity index (χ0) is 26.5. The van der Waals surface area contributed by atoms with E-state index in [9.17, 15) is 9.59 Å². The van der Waals surface area contributed by atoms with Gasteiger partial charge in [-0.25, -0.2) is 4.79 Å². The first-order valence-electron chi connectivity index (χ1n) is 13.4. The lowest BCUT2D eigenvalue weighted by atomic mass is 10.1. The van der Waals surface area contributed by atoms with Gasteiger partial charge in [-0.2, -0.15) is 4.98 Å². The lowest BCUT2D eigenvalue weighted by molar-refractivity contribution is 0.214. The van der Waals surface area contributed by atoms with E-state index < -0.39 is 5.69 Å². The first-order chi connectivity index (χ1) is 18.5. The number of aromatic nitrogens is 4. The van der Waals surface area contributed by atoms with Gasteiger partial charge in [-0.05, 0) is 37.0 Å². The number of anilines is 1. The van der Waals surface area contributed by atoms with Gasteiger partial charge in [0.25, 0.3) is 11.6 Å². The summed E-state index contributed by atoms with van der Waals surface area (Å²) in [6.45, 7) is 6.08. The molecule has 1 aliphatic heterocycles. The minimum absolute atomic E-state index is 0. The molecule has 9 nitrogen and oxygen atoms in total. The molecule has 2 aromatic heterocycles. The Balaban J connectivity index is 0.00000353. The Bertz CT molecular complexity index is 1470. The Morgan fingerprint density at radius 1 is 0.821 bits per heavy atom. The quantitative estimate of drug-likeness (QED) is 0.281. The molecule has 10 heteroatoms. The molecule has 0 atom stereocenters. The second-order valence-electron chi connectivity index (χ2n) is 9.88. The summed E-state index contributed by atoms with van der Waals surface area (Å²) in [4.78, 5) is 35.0. The number of imidazole rings is 1. The van der Waals surface area contributed by atoms with Crippen molar-refractivity contribution in [2.75, 3.05) is 44.2 Å². The first kappa shape index (κ1) is 28.4. The number of fused-ring (bicyclic) bond motifs is 1. The number of ether oxygens (including phenoxy) is 1. The average Bonchev–Trinajstić information content (AvgIpc) is 3.33. The number of piperazine rings is 1. The van der Waals surface area contributed by atoms with Gasteiger partial charge >= 0.3 is 5.69 Å². The van der Waals surface area contributed by atoms with Crippen molar-refractivity contribution < 1.29 is 4.74 Å². The van der Waals surface area contributed by atoms with Crippen LogP contribution in [0.3, 0.4) is 0 Å². The molecule has 1 saturated heterocycles. The van der Waals surface area contributed by atoms with E-state index in [1.54, 1.807) is 7.05 Å². The van der Waals surface area contributed by atoms with Gasteiger partial charge in [0.05, 0.1) is 6.61 Å². The Morgan fingerprint density at radius 2 is 1.49 bits per heavy atom. The first-order valence-corrected chi connectivity index (χ1v) is 13.4. The van der Waals surface area contributed by atoms with Crippen LogP contribution in [0.4, 0.5) is 5.69 Å². The van der Waals surface area contributed by atoms with E-state index in [0.717, 1.165) is 56.6 Å². The van der Waals surface area contributed by atoms with Crippen LogP contribution in [0.2, 0.25) is 0 Å². The topological polar surface area (TPSA) is 77.5 Å². The lowest BCUT2D eigenvalue weighted by Crippen LogP contribution is -2.46. The molecule has 3 heterocycles. The van der Waals surface area contributed by atoms with Gasteiger partial charge in [-0.15, -0.1) is 12.4 Å². The molecule has 0 saturated carbocycles. The van der Waals surface area contributed by atoms with Crippen LogP contribution in [0.25, 0.3) is 11.2 Å². The van der Waals surface area contributed by atoms with Crippen LogP contribution in [0, 0.1) is 0 Å². The molecular formula is C29H37ClN6O3. The van der Waals surface area contributed by atoms with Crippen LogP contribution in [0.15, 0.2) is 70.3 Å². The summed E-state index contributed by atoms with van der Waals surface area (Å²) >= 11 is 0. The Labute approximate surface area is 234 Å². The molecule has 0 N–H and O–H groups in total. The van der Waals surface area contributed by atoms with E-state index >= 15 is 0 Å². The fourth-order valence-electron chi connectivity index (χ4n) is 5.15. The highest BCUT2D eigenvalue weighted by Crippen LogP contribution is 2.20. The van der Waals surface area contributed by atoms with Crippen molar-refractivity contribution in [2.45, 2.75) is 25.8 Å². The molecule has 0 aliphatic carbocycles. The Hall–Kier alpha value is -3.56. The van der Waals surface area contributed by atoms with Crippen LogP contribution in [0.1, 0.15) is 18.4 Å². The van der Waals surface area contributed by atoms with E-state index in [1.165, 1.54) is 22.9 Å². The highest BCUT2D eigenvalue weighted by molar-refractivity contribution is 5.85. The largest absolute Gasteiger partial charge is 0.465 e. The van der Waals surface area contributed by atoms with Crippen molar-refractivity contribution in [3.05, 3.63) is 87.1 Å². The van der Waals surface area contributed by atoms with Gasteiger partial charge in [0.1, 0.15) is 0 Å². The maximum absolute atomic E-state index is 13.1. The zero-order valence-electron chi connectivity index (χ0n) is 22.7. The van der Waals surface area contributed by atoms with Crippen molar-refractivity contribution in [2.24, 2.45) is 14.1 Å². The molecular weight excluding hydrogens is 516 g/mol. The normalized spacial score (nSPS) is 13.9. The number of aryl methyl sites for hydroxylation is 3. The standard InChI is InChI=1S/C29H36N6O3.ClH/c1-31-26-25(27(36)32(2)29(31)37)35(17-9-13-23-11-5-3-6-12-23)28(30-26)38-22-10-16-33-18-20-34(21-19-33)24-14-7-4-8-15-24;/h3-8,11-12,14-15H,9-10,13,16-22H2,1-2H3;1H. The molecule has 208 valence electrons. The number of rotatable bonds is 10. The van der Waals surface area contributed by atoms with Gasteiger partial charge in [-0.3, -0.25) is 23.4 Å². The second kappa shape index (κ2) is 13.0. The summed E-state index contributed by atoms with van der Waals surface area (Å²) in [6.07, 6.45) is 2.56. The van der Waals surface area contributed by atoms with Gasteiger partial charge < -0.3 is 9.64 Å². The molecule has 0 spiro atoms. The zero-order valence-corrected chi connectivity index (χ0v) is 23.5. The Kier molecular flexibility index (Phi) is 9.48. The van der Waals surface area contributed by atoms with Crippen molar-refractivity contribution in [3.63, 3.8) is 0 Å². The number of hydrogen-bond donors (Lipinski definition) is 0. The van der Waals surface area contributed by atoms with E-state index in [2.05, 4.69) is 57.2 Å². The third kappa shape index (κ3) is 6.37. The number of halogens is 1. The molecule has 5 rings (SSSR count). The van der Waals surface area contributed by atoms with E-state index in [0.29, 0.717) is 30.3 Å².